The quantitative estimate of drug-likeness (QED) is 0.207. The summed E-state index contributed by atoms with van der Waals surface area (Å²) in [7, 11) is 1.64. The van der Waals surface area contributed by atoms with Gasteiger partial charge in [-0.3, -0.25) is 0 Å². The molecule has 1 heterocycles. The highest BCUT2D eigenvalue weighted by atomic mass is 79.9. The predicted octanol–water partition coefficient (Wildman–Crippen LogP) is 5.71. The summed E-state index contributed by atoms with van der Waals surface area (Å²) in [6.07, 6.45) is 3.88. The Kier molecular flexibility index (Phi) is 8.33. The van der Waals surface area contributed by atoms with Crippen LogP contribution in [-0.2, 0) is 5.75 Å². The van der Waals surface area contributed by atoms with Gasteiger partial charge in [0.15, 0.2) is 17.3 Å². The predicted molar refractivity (Wildman–Crippen MR) is 125 cm³/mol. The van der Waals surface area contributed by atoms with E-state index in [1.54, 1.807) is 29.8 Å². The summed E-state index contributed by atoms with van der Waals surface area (Å²) >= 11 is 5.06. The fourth-order valence-electron chi connectivity index (χ4n) is 2.62. The average Bonchev–Trinajstić information content (AvgIpc) is 3.12. The van der Waals surface area contributed by atoms with Gasteiger partial charge in [-0.25, -0.2) is 0 Å². The molecule has 0 spiro atoms. The summed E-state index contributed by atoms with van der Waals surface area (Å²) in [5.74, 6) is 2.96. The third-order valence-corrected chi connectivity index (χ3v) is 5.83. The Morgan fingerprint density at radius 3 is 2.67 bits per heavy atom. The van der Waals surface area contributed by atoms with Crippen LogP contribution in [0.15, 0.2) is 57.2 Å². The van der Waals surface area contributed by atoms with Gasteiger partial charge in [-0.15, -0.1) is 10.2 Å². The number of thioether (sulfide) groups is 1. The van der Waals surface area contributed by atoms with Crippen molar-refractivity contribution in [3.05, 3.63) is 63.9 Å². The highest BCUT2D eigenvalue weighted by Crippen LogP contribution is 2.28. The molecular weight excluding hydrogens is 464 g/mol. The van der Waals surface area contributed by atoms with E-state index in [9.17, 15) is 0 Å². The first-order valence-electron chi connectivity index (χ1n) is 9.75. The number of halogens is 1. The van der Waals surface area contributed by atoms with Crippen LogP contribution in [0.25, 0.3) is 0 Å². The van der Waals surface area contributed by atoms with Gasteiger partial charge in [0.25, 0.3) is 0 Å². The number of rotatable bonds is 10. The van der Waals surface area contributed by atoms with Gasteiger partial charge < -0.3 is 9.47 Å². The number of nitrogens with zero attached hydrogens (tertiary/aromatic N) is 4. The molecule has 6 nitrogen and oxygen atoms in total. The highest BCUT2D eigenvalue weighted by Gasteiger charge is 2.10. The molecule has 0 N–H and O–H groups in total. The van der Waals surface area contributed by atoms with Crippen LogP contribution < -0.4 is 9.47 Å². The normalized spacial score (nSPS) is 11.2. The molecule has 2 aromatic carbocycles. The van der Waals surface area contributed by atoms with Gasteiger partial charge in [0.1, 0.15) is 0 Å². The summed E-state index contributed by atoms with van der Waals surface area (Å²) in [4.78, 5) is 0. The molecule has 0 amide bonds. The minimum Gasteiger partial charge on any atom is -0.493 e. The van der Waals surface area contributed by atoms with Crippen molar-refractivity contribution in [2.75, 3.05) is 13.7 Å². The zero-order chi connectivity index (χ0) is 21.3. The van der Waals surface area contributed by atoms with E-state index in [2.05, 4.69) is 50.3 Å². The highest BCUT2D eigenvalue weighted by molar-refractivity contribution is 9.10. The van der Waals surface area contributed by atoms with E-state index in [-0.39, 0.29) is 0 Å². The molecule has 0 bridgehead atoms. The monoisotopic (exact) mass is 488 g/mol. The van der Waals surface area contributed by atoms with Crippen LogP contribution in [0.2, 0.25) is 0 Å². The van der Waals surface area contributed by atoms with Gasteiger partial charge in [-0.2, -0.15) is 9.78 Å². The van der Waals surface area contributed by atoms with E-state index >= 15 is 0 Å². The first-order chi connectivity index (χ1) is 14.6. The van der Waals surface area contributed by atoms with Gasteiger partial charge in [0, 0.05) is 10.2 Å². The van der Waals surface area contributed by atoms with E-state index in [1.807, 2.05) is 37.3 Å². The second-order valence-electron chi connectivity index (χ2n) is 6.61. The van der Waals surface area contributed by atoms with E-state index < -0.39 is 0 Å². The molecule has 3 aromatic rings. The van der Waals surface area contributed by atoms with Crippen molar-refractivity contribution in [3.63, 3.8) is 0 Å². The van der Waals surface area contributed by atoms with Crippen LogP contribution in [0.3, 0.4) is 0 Å². The van der Waals surface area contributed by atoms with E-state index in [1.165, 1.54) is 5.56 Å². The molecule has 0 saturated carbocycles. The molecule has 0 unspecified atom stereocenters. The number of hydrogen-bond acceptors (Lipinski definition) is 6. The number of ether oxygens (including phenoxy) is 2. The van der Waals surface area contributed by atoms with Crippen LogP contribution in [0.1, 0.15) is 36.7 Å². The van der Waals surface area contributed by atoms with E-state index in [4.69, 9.17) is 9.47 Å². The molecule has 0 saturated heterocycles. The van der Waals surface area contributed by atoms with Crippen LogP contribution in [-0.4, -0.2) is 34.8 Å². The molecule has 158 valence electrons. The van der Waals surface area contributed by atoms with Gasteiger partial charge >= 0.3 is 0 Å². The standard InChI is InChI=1S/C22H25BrN4O2S/c1-4-5-12-29-20-11-8-18(13-21(20)28-3)14-24-27-16(2)25-26-22(27)30-15-17-6-9-19(23)10-7-17/h6-11,13-14H,4-5,12,15H2,1-3H3/b24-14+. The zero-order valence-electron chi connectivity index (χ0n) is 17.3. The molecule has 0 aliphatic carbocycles. The maximum Gasteiger partial charge on any atom is 0.212 e. The Bertz CT molecular complexity index is 989. The second kappa shape index (κ2) is 11.2. The smallest absolute Gasteiger partial charge is 0.212 e. The third-order valence-electron chi connectivity index (χ3n) is 4.31. The van der Waals surface area contributed by atoms with Crippen molar-refractivity contribution < 1.29 is 9.47 Å². The Morgan fingerprint density at radius 1 is 1.13 bits per heavy atom. The lowest BCUT2D eigenvalue weighted by molar-refractivity contribution is 0.288. The average molecular weight is 489 g/mol. The lowest BCUT2D eigenvalue weighted by atomic mass is 10.2. The van der Waals surface area contributed by atoms with Crippen LogP contribution in [0, 0.1) is 6.92 Å². The van der Waals surface area contributed by atoms with Gasteiger partial charge in [-0.1, -0.05) is 53.2 Å². The van der Waals surface area contributed by atoms with Crippen LogP contribution in [0.4, 0.5) is 0 Å². The van der Waals surface area contributed by atoms with Gasteiger partial charge in [0.2, 0.25) is 5.16 Å². The Balaban J connectivity index is 1.71. The number of unbranched alkanes of at least 4 members (excludes halogenated alkanes) is 1. The van der Waals surface area contributed by atoms with Crippen LogP contribution >= 0.6 is 27.7 Å². The fraction of sp³-hybridized carbons (Fsp3) is 0.318. The minimum atomic E-state index is 0.680. The summed E-state index contributed by atoms with van der Waals surface area (Å²) in [6, 6.07) is 14.0. The summed E-state index contributed by atoms with van der Waals surface area (Å²) in [5.41, 5.74) is 2.12. The maximum atomic E-state index is 5.79. The molecule has 0 atom stereocenters. The molecule has 3 rings (SSSR count). The largest absolute Gasteiger partial charge is 0.493 e. The Morgan fingerprint density at radius 2 is 1.93 bits per heavy atom. The maximum absolute atomic E-state index is 5.79. The van der Waals surface area contributed by atoms with Crippen molar-refractivity contribution in [1.82, 2.24) is 14.9 Å². The number of aryl methyl sites for hydroxylation is 1. The molecule has 0 radical (unpaired) electrons. The Labute approximate surface area is 189 Å². The molecule has 30 heavy (non-hydrogen) atoms. The van der Waals surface area contributed by atoms with Crippen molar-refractivity contribution in [2.45, 2.75) is 37.6 Å². The van der Waals surface area contributed by atoms with Gasteiger partial charge in [-0.05, 0) is 54.8 Å². The van der Waals surface area contributed by atoms with E-state index in [0.29, 0.717) is 12.4 Å². The number of aromatic nitrogens is 3. The molecule has 0 fully saturated rings. The van der Waals surface area contributed by atoms with Crippen molar-refractivity contribution in [3.8, 4) is 11.5 Å². The van der Waals surface area contributed by atoms with E-state index in [0.717, 1.165) is 45.4 Å². The first-order valence-corrected chi connectivity index (χ1v) is 11.5. The molecule has 8 heteroatoms. The lowest BCUT2D eigenvalue weighted by Crippen LogP contribution is -2.00. The summed E-state index contributed by atoms with van der Waals surface area (Å²) in [5, 5.41) is 13.8. The zero-order valence-corrected chi connectivity index (χ0v) is 19.7. The van der Waals surface area contributed by atoms with Crippen molar-refractivity contribution in [1.29, 1.82) is 0 Å². The fourth-order valence-corrected chi connectivity index (χ4v) is 3.78. The number of benzene rings is 2. The number of methoxy groups -OCH3 is 1. The molecular formula is C22H25BrN4O2S. The second-order valence-corrected chi connectivity index (χ2v) is 8.47. The van der Waals surface area contributed by atoms with Crippen molar-refractivity contribution in [2.24, 2.45) is 5.10 Å². The third kappa shape index (κ3) is 6.09. The summed E-state index contributed by atoms with van der Waals surface area (Å²) in [6.45, 7) is 4.71. The van der Waals surface area contributed by atoms with Gasteiger partial charge in [0.05, 0.1) is 19.9 Å². The number of hydrogen-bond donors (Lipinski definition) is 0. The molecule has 0 aliphatic heterocycles. The Hall–Kier alpha value is -2.32. The first kappa shape index (κ1) is 22.4. The van der Waals surface area contributed by atoms with Crippen LogP contribution in [0.5, 0.6) is 11.5 Å². The lowest BCUT2D eigenvalue weighted by Gasteiger charge is -2.10. The molecule has 1 aromatic heterocycles. The van der Waals surface area contributed by atoms with Crippen molar-refractivity contribution >= 4 is 33.9 Å². The SMILES string of the molecule is CCCCOc1ccc(/C=N/n2c(C)nnc2SCc2ccc(Br)cc2)cc1OC. The minimum absolute atomic E-state index is 0.680. The summed E-state index contributed by atoms with van der Waals surface area (Å²) < 4.78 is 14.1. The molecule has 0 aliphatic rings. The topological polar surface area (TPSA) is 61.5 Å².